The summed E-state index contributed by atoms with van der Waals surface area (Å²) in [6.07, 6.45) is 4.22. The Hall–Kier alpha value is -1.59. The monoisotopic (exact) mass is 259 g/mol. The highest BCUT2D eigenvalue weighted by atomic mass is 16.3. The van der Waals surface area contributed by atoms with Gasteiger partial charge in [-0.15, -0.1) is 0 Å². The molecule has 0 amide bonds. The van der Waals surface area contributed by atoms with Crippen molar-refractivity contribution in [2.45, 2.75) is 18.6 Å². The molecular formula is C14H17N3O2. The van der Waals surface area contributed by atoms with E-state index < -0.39 is 0 Å². The summed E-state index contributed by atoms with van der Waals surface area (Å²) in [6, 6.07) is 4.33. The summed E-state index contributed by atoms with van der Waals surface area (Å²) in [4.78, 5) is 9.22. The van der Waals surface area contributed by atoms with Crippen LogP contribution in [0.5, 0.6) is 0 Å². The summed E-state index contributed by atoms with van der Waals surface area (Å²) in [5.74, 6) is 1.01. The minimum absolute atomic E-state index is 0.164. The number of pyridine rings is 1. The van der Waals surface area contributed by atoms with Gasteiger partial charge in [-0.25, -0.2) is 4.98 Å². The molecule has 0 aliphatic carbocycles. The quantitative estimate of drug-likeness (QED) is 0.830. The van der Waals surface area contributed by atoms with Crippen LogP contribution in [0, 0.1) is 0 Å². The predicted molar refractivity (Wildman–Crippen MR) is 72.2 cm³/mol. The Labute approximate surface area is 111 Å². The van der Waals surface area contributed by atoms with E-state index in [0.717, 1.165) is 49.4 Å². The first-order chi connectivity index (χ1) is 9.31. The zero-order valence-corrected chi connectivity index (χ0v) is 10.7. The topological polar surface area (TPSA) is 52.7 Å². The van der Waals surface area contributed by atoms with Crippen LogP contribution in [0.4, 0.5) is 5.82 Å². The Bertz CT molecular complexity index is 597. The first-order valence-electron chi connectivity index (χ1n) is 6.80. The fourth-order valence-corrected chi connectivity index (χ4v) is 3.34. The molecule has 4 heterocycles. The molecule has 5 nitrogen and oxygen atoms in total. The van der Waals surface area contributed by atoms with Crippen molar-refractivity contribution in [1.82, 2.24) is 9.88 Å². The number of piperazine rings is 1. The Morgan fingerprint density at radius 3 is 3.16 bits per heavy atom. The highest BCUT2D eigenvalue weighted by Gasteiger charge is 2.35. The van der Waals surface area contributed by atoms with Crippen LogP contribution in [0.3, 0.4) is 0 Å². The third-order valence-electron chi connectivity index (χ3n) is 4.25. The molecule has 0 aromatic carbocycles. The van der Waals surface area contributed by atoms with E-state index in [-0.39, 0.29) is 6.10 Å². The molecule has 4 rings (SSSR count). The minimum Gasteiger partial charge on any atom is -0.464 e. The van der Waals surface area contributed by atoms with E-state index in [4.69, 9.17) is 4.42 Å². The second kappa shape index (κ2) is 4.21. The van der Waals surface area contributed by atoms with Gasteiger partial charge in [-0.1, -0.05) is 0 Å². The van der Waals surface area contributed by atoms with Crippen molar-refractivity contribution in [3.05, 3.63) is 24.6 Å². The van der Waals surface area contributed by atoms with E-state index in [1.54, 1.807) is 12.5 Å². The maximum Gasteiger partial charge on any atom is 0.139 e. The Morgan fingerprint density at radius 2 is 2.21 bits per heavy atom. The van der Waals surface area contributed by atoms with Gasteiger partial charge in [-0.05, 0) is 18.6 Å². The number of hydrogen-bond donors (Lipinski definition) is 1. The van der Waals surface area contributed by atoms with Crippen molar-refractivity contribution in [3.8, 4) is 0 Å². The van der Waals surface area contributed by atoms with Crippen LogP contribution in [0.25, 0.3) is 11.0 Å². The third kappa shape index (κ3) is 1.81. The largest absolute Gasteiger partial charge is 0.464 e. The third-order valence-corrected chi connectivity index (χ3v) is 4.25. The van der Waals surface area contributed by atoms with Gasteiger partial charge in [0.1, 0.15) is 11.4 Å². The second-order valence-corrected chi connectivity index (χ2v) is 5.45. The standard InChI is InChI=1S/C14H17N3O2/c18-11-7-10-8-17(5-4-16(10)9-11)14-12-2-6-19-13(12)1-3-15-14/h1-3,6,10-11,18H,4-5,7-9H2/t10-,11+/m0/s1. The zero-order chi connectivity index (χ0) is 12.8. The molecule has 100 valence electrons. The van der Waals surface area contributed by atoms with Crippen LogP contribution < -0.4 is 4.90 Å². The van der Waals surface area contributed by atoms with Crippen molar-refractivity contribution >= 4 is 16.8 Å². The predicted octanol–water partition coefficient (Wildman–Crippen LogP) is 1.08. The van der Waals surface area contributed by atoms with E-state index >= 15 is 0 Å². The van der Waals surface area contributed by atoms with E-state index in [0.29, 0.717) is 6.04 Å². The van der Waals surface area contributed by atoms with Crippen molar-refractivity contribution in [2.75, 3.05) is 31.1 Å². The number of fused-ring (bicyclic) bond motifs is 2. The molecule has 0 bridgehead atoms. The molecule has 0 radical (unpaired) electrons. The van der Waals surface area contributed by atoms with Crippen LogP contribution in [0.1, 0.15) is 6.42 Å². The summed E-state index contributed by atoms with van der Waals surface area (Å²) in [7, 11) is 0. The molecule has 2 atom stereocenters. The first kappa shape index (κ1) is 11.3. The lowest BCUT2D eigenvalue weighted by atomic mass is 10.1. The number of rotatable bonds is 1. The molecule has 2 saturated heterocycles. The zero-order valence-electron chi connectivity index (χ0n) is 10.7. The SMILES string of the molecule is O[C@@H]1C[C@H]2CN(c3nccc4occc34)CCN2C1. The summed E-state index contributed by atoms with van der Waals surface area (Å²) < 4.78 is 5.44. The Balaban J connectivity index is 1.65. The molecule has 5 heteroatoms. The molecular weight excluding hydrogens is 242 g/mol. The van der Waals surface area contributed by atoms with Crippen LogP contribution >= 0.6 is 0 Å². The Morgan fingerprint density at radius 1 is 1.26 bits per heavy atom. The van der Waals surface area contributed by atoms with Crippen LogP contribution in [-0.4, -0.2) is 53.3 Å². The highest BCUT2D eigenvalue weighted by Crippen LogP contribution is 2.29. The van der Waals surface area contributed by atoms with Crippen LogP contribution in [-0.2, 0) is 0 Å². The van der Waals surface area contributed by atoms with Crippen LogP contribution in [0.2, 0.25) is 0 Å². The van der Waals surface area contributed by atoms with Gasteiger partial charge in [0.2, 0.25) is 0 Å². The molecule has 0 spiro atoms. The average Bonchev–Trinajstić information content (AvgIpc) is 3.01. The maximum absolute atomic E-state index is 9.76. The van der Waals surface area contributed by atoms with Gasteiger partial charge in [0.15, 0.2) is 0 Å². The molecule has 2 aliphatic rings. The van der Waals surface area contributed by atoms with Crippen molar-refractivity contribution in [3.63, 3.8) is 0 Å². The first-order valence-corrected chi connectivity index (χ1v) is 6.80. The summed E-state index contributed by atoms with van der Waals surface area (Å²) in [6.45, 7) is 3.72. The van der Waals surface area contributed by atoms with Crippen molar-refractivity contribution < 1.29 is 9.52 Å². The summed E-state index contributed by atoms with van der Waals surface area (Å²) >= 11 is 0. The molecule has 2 fully saturated rings. The summed E-state index contributed by atoms with van der Waals surface area (Å²) in [5, 5.41) is 10.8. The lowest BCUT2D eigenvalue weighted by Gasteiger charge is -2.38. The number of aliphatic hydroxyl groups is 1. The molecule has 2 aromatic heterocycles. The smallest absolute Gasteiger partial charge is 0.139 e. The van der Waals surface area contributed by atoms with Gasteiger partial charge < -0.3 is 14.4 Å². The lowest BCUT2D eigenvalue weighted by Crippen LogP contribution is -2.50. The number of furan rings is 1. The number of nitrogens with zero attached hydrogens (tertiary/aromatic N) is 3. The summed E-state index contributed by atoms with van der Waals surface area (Å²) in [5.41, 5.74) is 0.888. The Kier molecular flexibility index (Phi) is 2.50. The van der Waals surface area contributed by atoms with E-state index in [2.05, 4.69) is 14.8 Å². The van der Waals surface area contributed by atoms with Gasteiger partial charge in [-0.3, -0.25) is 4.90 Å². The second-order valence-electron chi connectivity index (χ2n) is 5.45. The van der Waals surface area contributed by atoms with Gasteiger partial charge >= 0.3 is 0 Å². The van der Waals surface area contributed by atoms with E-state index in [1.807, 2.05) is 12.1 Å². The normalized spacial score (nSPS) is 27.9. The average molecular weight is 259 g/mol. The number of anilines is 1. The maximum atomic E-state index is 9.76. The fraction of sp³-hybridized carbons (Fsp3) is 0.500. The van der Waals surface area contributed by atoms with Crippen LogP contribution in [0.15, 0.2) is 29.0 Å². The molecule has 0 unspecified atom stereocenters. The van der Waals surface area contributed by atoms with Gasteiger partial charge in [-0.2, -0.15) is 0 Å². The van der Waals surface area contributed by atoms with Crippen molar-refractivity contribution in [1.29, 1.82) is 0 Å². The molecule has 19 heavy (non-hydrogen) atoms. The lowest BCUT2D eigenvalue weighted by molar-refractivity contribution is 0.173. The van der Waals surface area contributed by atoms with Gasteiger partial charge in [0.25, 0.3) is 0 Å². The molecule has 0 saturated carbocycles. The number of aromatic nitrogens is 1. The van der Waals surface area contributed by atoms with Crippen molar-refractivity contribution in [2.24, 2.45) is 0 Å². The molecule has 2 aliphatic heterocycles. The van der Waals surface area contributed by atoms with E-state index in [9.17, 15) is 5.11 Å². The molecule has 2 aromatic rings. The fourth-order valence-electron chi connectivity index (χ4n) is 3.34. The number of hydrogen-bond acceptors (Lipinski definition) is 5. The minimum atomic E-state index is -0.164. The van der Waals surface area contributed by atoms with E-state index in [1.165, 1.54) is 0 Å². The number of aliphatic hydroxyl groups excluding tert-OH is 1. The van der Waals surface area contributed by atoms with Gasteiger partial charge in [0.05, 0.1) is 17.8 Å². The molecule has 1 N–H and O–H groups in total. The highest BCUT2D eigenvalue weighted by molar-refractivity contribution is 5.88. The van der Waals surface area contributed by atoms with Gasteiger partial charge in [0, 0.05) is 38.4 Å².